The summed E-state index contributed by atoms with van der Waals surface area (Å²) in [5, 5.41) is 7.00. The van der Waals surface area contributed by atoms with E-state index < -0.39 is 11.8 Å². The Morgan fingerprint density at radius 2 is 2.06 bits per heavy atom. The number of carbonyl (C=O) groups is 2. The Hall–Kier alpha value is -2.07. The molecule has 178 valence electrons. The summed E-state index contributed by atoms with van der Waals surface area (Å²) in [6.45, 7) is 3.31. The van der Waals surface area contributed by atoms with Crippen LogP contribution in [-0.2, 0) is 9.59 Å². The molecule has 1 saturated carbocycles. The quantitative estimate of drug-likeness (QED) is 0.589. The van der Waals surface area contributed by atoms with E-state index in [1.807, 2.05) is 0 Å². The van der Waals surface area contributed by atoms with Crippen molar-refractivity contribution in [2.45, 2.75) is 62.8 Å². The fourth-order valence-electron chi connectivity index (χ4n) is 5.15. The van der Waals surface area contributed by atoms with Crippen molar-refractivity contribution in [2.75, 3.05) is 27.2 Å². The molecule has 1 aromatic heterocycles. The van der Waals surface area contributed by atoms with E-state index in [2.05, 4.69) is 54.8 Å². The molecular weight excluding hydrogens is 436 g/mol. The van der Waals surface area contributed by atoms with Gasteiger partial charge < -0.3 is 20.9 Å². The fraction of sp³-hybridized carbons (Fsp3) is 0.625. The monoisotopic (exact) mass is 470 g/mol. The first kappa shape index (κ1) is 22.7. The van der Waals surface area contributed by atoms with Crippen LogP contribution < -0.4 is 16.4 Å². The van der Waals surface area contributed by atoms with Gasteiger partial charge in [0.1, 0.15) is 0 Å². The molecule has 2 saturated heterocycles. The summed E-state index contributed by atoms with van der Waals surface area (Å²) < 4.78 is 1.19. The standard InChI is InChI=1S/C24H34N6O2S/c1-13-4-6-19(30(12-13)24(32)22(31)27-18-11-26-21(18)25)14-5-7-20-17(10-14)28-23(33-20)15-8-16(9-15)29(2)3/h5,7,10,13,15-16,18-19,21,26H,4,6,8-9,11-12,25H2,1-3H3,(H,27,31)/t13-,15?,16?,18+,19+,21?/m0/s1. The Labute approximate surface area is 198 Å². The predicted molar refractivity (Wildman–Crippen MR) is 130 cm³/mol. The molecule has 4 atom stereocenters. The molecule has 9 heteroatoms. The summed E-state index contributed by atoms with van der Waals surface area (Å²) in [5.41, 5.74) is 7.91. The highest BCUT2D eigenvalue weighted by Gasteiger charge is 2.37. The Balaban J connectivity index is 1.34. The van der Waals surface area contributed by atoms with E-state index in [1.54, 1.807) is 16.2 Å². The topological polar surface area (TPSA) is 104 Å². The number of amides is 2. The van der Waals surface area contributed by atoms with Gasteiger partial charge in [-0.1, -0.05) is 13.0 Å². The first-order valence-electron chi connectivity index (χ1n) is 12.0. The van der Waals surface area contributed by atoms with E-state index in [0.29, 0.717) is 31.0 Å². The number of benzene rings is 1. The molecular formula is C24H34N6O2S. The van der Waals surface area contributed by atoms with Crippen LogP contribution in [0.15, 0.2) is 18.2 Å². The molecule has 4 N–H and O–H groups in total. The van der Waals surface area contributed by atoms with Crippen molar-refractivity contribution >= 4 is 33.4 Å². The smallest absolute Gasteiger partial charge is 0.312 e. The van der Waals surface area contributed by atoms with Gasteiger partial charge in [-0.25, -0.2) is 4.98 Å². The van der Waals surface area contributed by atoms with Crippen LogP contribution >= 0.6 is 11.3 Å². The predicted octanol–water partition coefficient (Wildman–Crippen LogP) is 1.78. The minimum Gasteiger partial charge on any atom is -0.341 e. The highest BCUT2D eigenvalue weighted by molar-refractivity contribution is 7.18. The Morgan fingerprint density at radius 1 is 1.27 bits per heavy atom. The molecule has 0 spiro atoms. The number of rotatable bonds is 4. The lowest BCUT2D eigenvalue weighted by molar-refractivity contribution is -0.149. The minimum absolute atomic E-state index is 0.107. The van der Waals surface area contributed by atoms with E-state index in [9.17, 15) is 9.59 Å². The number of carbonyl (C=O) groups excluding carboxylic acids is 2. The van der Waals surface area contributed by atoms with Crippen molar-refractivity contribution in [3.05, 3.63) is 28.8 Å². The molecule has 33 heavy (non-hydrogen) atoms. The van der Waals surface area contributed by atoms with Crippen LogP contribution in [0.3, 0.4) is 0 Å². The summed E-state index contributed by atoms with van der Waals surface area (Å²) >= 11 is 1.79. The summed E-state index contributed by atoms with van der Waals surface area (Å²) in [7, 11) is 4.28. The van der Waals surface area contributed by atoms with Crippen molar-refractivity contribution in [1.29, 1.82) is 0 Å². The lowest BCUT2D eigenvalue weighted by Crippen LogP contribution is -2.70. The number of piperidine rings is 1. The van der Waals surface area contributed by atoms with Crippen LogP contribution in [0.5, 0.6) is 0 Å². The van der Waals surface area contributed by atoms with Gasteiger partial charge >= 0.3 is 11.8 Å². The Kier molecular flexibility index (Phi) is 6.15. The average Bonchev–Trinajstić information content (AvgIpc) is 3.16. The van der Waals surface area contributed by atoms with Gasteiger partial charge in [-0.15, -0.1) is 11.3 Å². The van der Waals surface area contributed by atoms with Crippen molar-refractivity contribution in [2.24, 2.45) is 11.7 Å². The van der Waals surface area contributed by atoms with Gasteiger partial charge in [0.25, 0.3) is 0 Å². The molecule has 5 rings (SSSR count). The summed E-state index contributed by atoms with van der Waals surface area (Å²) in [6.07, 6.45) is 3.92. The number of thiazole rings is 1. The van der Waals surface area contributed by atoms with Gasteiger partial charge in [0.2, 0.25) is 0 Å². The maximum atomic E-state index is 13.1. The fourth-order valence-corrected chi connectivity index (χ4v) is 6.23. The summed E-state index contributed by atoms with van der Waals surface area (Å²) in [5.74, 6) is -0.117. The third-order valence-corrected chi connectivity index (χ3v) is 8.80. The van der Waals surface area contributed by atoms with Gasteiger partial charge in [-0.2, -0.15) is 0 Å². The highest BCUT2D eigenvalue weighted by atomic mass is 32.1. The summed E-state index contributed by atoms with van der Waals surface area (Å²) in [4.78, 5) is 34.8. The Bertz CT molecular complexity index is 1050. The maximum Gasteiger partial charge on any atom is 0.312 e. The number of hydrogen-bond donors (Lipinski definition) is 3. The molecule has 2 amide bonds. The minimum atomic E-state index is -0.562. The van der Waals surface area contributed by atoms with Gasteiger partial charge in [-0.3, -0.25) is 14.9 Å². The third-order valence-electron chi connectivity index (χ3n) is 7.60. The molecule has 3 aliphatic rings. The second kappa shape index (κ2) is 8.94. The second-order valence-electron chi connectivity index (χ2n) is 10.2. The average molecular weight is 471 g/mol. The van der Waals surface area contributed by atoms with Gasteiger partial charge in [0, 0.05) is 25.0 Å². The number of fused-ring (bicyclic) bond motifs is 1. The van der Waals surface area contributed by atoms with E-state index in [-0.39, 0.29) is 18.2 Å². The molecule has 0 radical (unpaired) electrons. The molecule has 8 nitrogen and oxygen atoms in total. The van der Waals surface area contributed by atoms with Crippen molar-refractivity contribution in [1.82, 2.24) is 25.4 Å². The van der Waals surface area contributed by atoms with Crippen LogP contribution in [0.1, 0.15) is 55.1 Å². The van der Waals surface area contributed by atoms with Crippen LogP contribution in [-0.4, -0.2) is 72.0 Å². The molecule has 1 unspecified atom stereocenters. The first-order valence-corrected chi connectivity index (χ1v) is 12.8. The molecule has 2 aliphatic heterocycles. The second-order valence-corrected chi connectivity index (χ2v) is 11.3. The summed E-state index contributed by atoms with van der Waals surface area (Å²) in [6, 6.07) is 6.72. The van der Waals surface area contributed by atoms with Gasteiger partial charge in [-0.05, 0) is 63.4 Å². The number of nitrogens with zero attached hydrogens (tertiary/aromatic N) is 3. The van der Waals surface area contributed by atoms with E-state index in [0.717, 1.165) is 36.8 Å². The zero-order valence-electron chi connectivity index (χ0n) is 19.6. The van der Waals surface area contributed by atoms with Crippen LogP contribution in [0.25, 0.3) is 10.2 Å². The molecule has 3 fully saturated rings. The molecule has 1 aromatic carbocycles. The van der Waals surface area contributed by atoms with Crippen LogP contribution in [0.2, 0.25) is 0 Å². The van der Waals surface area contributed by atoms with Crippen LogP contribution in [0.4, 0.5) is 0 Å². The molecule has 1 aliphatic carbocycles. The lowest BCUT2D eigenvalue weighted by atomic mass is 9.80. The maximum absolute atomic E-state index is 13.1. The van der Waals surface area contributed by atoms with Crippen molar-refractivity contribution in [3.63, 3.8) is 0 Å². The number of nitrogens with one attached hydrogen (secondary N) is 2. The zero-order valence-corrected chi connectivity index (χ0v) is 20.4. The van der Waals surface area contributed by atoms with E-state index >= 15 is 0 Å². The molecule has 0 bridgehead atoms. The van der Waals surface area contributed by atoms with Gasteiger partial charge in [0.15, 0.2) is 0 Å². The SMILES string of the molecule is C[C@H]1CC[C@H](c2ccc3sc(C4CC(N(C)C)C4)nc3c2)N(C(=O)C(=O)N[C@@H]2CNC2N)C1. The largest absolute Gasteiger partial charge is 0.341 e. The Morgan fingerprint density at radius 3 is 2.73 bits per heavy atom. The number of nitrogens with two attached hydrogens (primary N) is 1. The van der Waals surface area contributed by atoms with Gasteiger partial charge in [0.05, 0.1) is 33.5 Å². The number of likely N-dealkylation sites (tertiary alicyclic amines) is 1. The highest BCUT2D eigenvalue weighted by Crippen LogP contribution is 2.42. The van der Waals surface area contributed by atoms with Crippen molar-refractivity contribution in [3.8, 4) is 0 Å². The normalized spacial score (nSPS) is 31.8. The third kappa shape index (κ3) is 4.39. The number of hydrogen-bond acceptors (Lipinski definition) is 7. The lowest BCUT2D eigenvalue weighted by Gasteiger charge is -2.40. The molecule has 3 heterocycles. The molecule has 2 aromatic rings. The number of aromatic nitrogens is 1. The van der Waals surface area contributed by atoms with E-state index in [4.69, 9.17) is 10.7 Å². The zero-order chi connectivity index (χ0) is 23.3. The van der Waals surface area contributed by atoms with Crippen molar-refractivity contribution < 1.29 is 9.59 Å². The van der Waals surface area contributed by atoms with E-state index in [1.165, 1.54) is 9.71 Å². The first-order chi connectivity index (χ1) is 15.8. The van der Waals surface area contributed by atoms with Crippen LogP contribution in [0, 0.1) is 5.92 Å².